The van der Waals surface area contributed by atoms with Gasteiger partial charge in [0.15, 0.2) is 0 Å². The van der Waals surface area contributed by atoms with Gasteiger partial charge in [-0.15, -0.1) is 0 Å². The van der Waals surface area contributed by atoms with Crippen LogP contribution in [0.15, 0.2) is 60.7 Å². The number of hydrogen-bond donors (Lipinski definition) is 1. The number of fused-ring (bicyclic) bond motifs is 1. The minimum absolute atomic E-state index is 0.481. The van der Waals surface area contributed by atoms with Crippen molar-refractivity contribution in [2.45, 2.75) is 84.7 Å². The summed E-state index contributed by atoms with van der Waals surface area (Å²) < 4.78 is 24.3. The van der Waals surface area contributed by atoms with Crippen LogP contribution in [0.4, 0.5) is 0 Å². The summed E-state index contributed by atoms with van der Waals surface area (Å²) in [6.45, 7) is 9.59. The Bertz CT molecular complexity index is 1280. The van der Waals surface area contributed by atoms with Crippen molar-refractivity contribution in [2.75, 3.05) is 13.2 Å². The van der Waals surface area contributed by atoms with Crippen molar-refractivity contribution >= 4 is 5.97 Å². The monoisotopic (exact) mass is 560 g/mol. The van der Waals surface area contributed by atoms with Gasteiger partial charge in [-0.1, -0.05) is 58.7 Å². The van der Waals surface area contributed by atoms with Gasteiger partial charge in [-0.3, -0.25) is 0 Å². The Labute approximate surface area is 244 Å². The summed E-state index contributed by atoms with van der Waals surface area (Å²) in [5, 5.41) is 9.80. The third kappa shape index (κ3) is 8.18. The molecule has 3 aromatic rings. The predicted octanol–water partition coefficient (Wildman–Crippen LogP) is 8.43. The molecule has 0 radical (unpaired) electrons. The Balaban J connectivity index is 1.29. The molecule has 0 amide bonds. The SMILES string of the molecule is CCCc1cc(Oc2ccc(CC(C)C)cc2)ccc1OCCCOc1ccc2c(c1)OC(CCC)(C(=O)O)CC2. The molecule has 0 aromatic heterocycles. The number of carboxylic acids is 1. The van der Waals surface area contributed by atoms with E-state index in [9.17, 15) is 9.90 Å². The molecule has 6 heteroatoms. The standard InChI is InChI=1S/C35H44O6/c1-5-8-28-23-31(40-29-12-9-26(10-13-29)22-25(3)4)15-16-32(28)39-21-7-20-38-30-14-11-27-17-19-35(18-6-2,34(36)37)41-33(27)24-30/h9-16,23-25H,5-8,17-22H2,1-4H3,(H,36,37). The first-order chi connectivity index (χ1) is 19.8. The number of aliphatic carboxylic acids is 1. The highest BCUT2D eigenvalue weighted by Gasteiger charge is 2.43. The van der Waals surface area contributed by atoms with Crippen molar-refractivity contribution in [2.24, 2.45) is 5.92 Å². The maximum Gasteiger partial charge on any atom is 0.348 e. The fourth-order valence-electron chi connectivity index (χ4n) is 5.32. The van der Waals surface area contributed by atoms with Crippen LogP contribution in [-0.2, 0) is 24.1 Å². The second kappa shape index (κ2) is 14.3. The van der Waals surface area contributed by atoms with E-state index < -0.39 is 11.6 Å². The van der Waals surface area contributed by atoms with Gasteiger partial charge in [0.2, 0.25) is 5.60 Å². The van der Waals surface area contributed by atoms with Crippen molar-refractivity contribution < 1.29 is 28.8 Å². The zero-order valence-corrected chi connectivity index (χ0v) is 24.9. The zero-order chi connectivity index (χ0) is 29.2. The van der Waals surface area contributed by atoms with Crippen LogP contribution >= 0.6 is 0 Å². The predicted molar refractivity (Wildman–Crippen MR) is 162 cm³/mol. The largest absolute Gasteiger partial charge is 0.493 e. The van der Waals surface area contributed by atoms with Crippen molar-refractivity contribution in [1.29, 1.82) is 0 Å². The lowest BCUT2D eigenvalue weighted by atomic mass is 9.87. The normalized spacial score (nSPS) is 16.1. The number of hydrogen-bond acceptors (Lipinski definition) is 5. The Morgan fingerprint density at radius 3 is 2.37 bits per heavy atom. The number of ether oxygens (including phenoxy) is 4. The lowest BCUT2D eigenvalue weighted by Crippen LogP contribution is -2.47. The molecule has 0 saturated carbocycles. The molecule has 1 N–H and O–H groups in total. The molecule has 0 saturated heterocycles. The van der Waals surface area contributed by atoms with Gasteiger partial charge in [0.05, 0.1) is 13.2 Å². The van der Waals surface area contributed by atoms with E-state index >= 15 is 0 Å². The van der Waals surface area contributed by atoms with Gasteiger partial charge in [0, 0.05) is 18.9 Å². The average Bonchev–Trinajstić information content (AvgIpc) is 2.94. The molecule has 1 aliphatic heterocycles. The molecule has 0 spiro atoms. The summed E-state index contributed by atoms with van der Waals surface area (Å²) in [5.74, 6) is 3.52. The van der Waals surface area contributed by atoms with Gasteiger partial charge in [0.25, 0.3) is 0 Å². The second-order valence-electron chi connectivity index (χ2n) is 11.3. The maximum absolute atomic E-state index is 12.0. The maximum atomic E-state index is 12.0. The Kier molecular flexibility index (Phi) is 10.6. The van der Waals surface area contributed by atoms with Crippen LogP contribution in [0, 0.1) is 5.92 Å². The first kappa shape index (κ1) is 30.3. The van der Waals surface area contributed by atoms with Crippen LogP contribution in [0.25, 0.3) is 0 Å². The Morgan fingerprint density at radius 2 is 1.66 bits per heavy atom. The van der Waals surface area contributed by atoms with Crippen molar-refractivity contribution in [3.63, 3.8) is 0 Å². The summed E-state index contributed by atoms with van der Waals surface area (Å²) in [6, 6.07) is 20.1. The summed E-state index contributed by atoms with van der Waals surface area (Å²) >= 11 is 0. The van der Waals surface area contributed by atoms with E-state index in [1.807, 2.05) is 49.4 Å². The minimum Gasteiger partial charge on any atom is -0.493 e. The smallest absolute Gasteiger partial charge is 0.348 e. The Morgan fingerprint density at radius 1 is 0.927 bits per heavy atom. The molecule has 0 fully saturated rings. The molecule has 4 rings (SSSR count). The lowest BCUT2D eigenvalue weighted by Gasteiger charge is -2.35. The van der Waals surface area contributed by atoms with Crippen molar-refractivity contribution in [3.05, 3.63) is 77.4 Å². The highest BCUT2D eigenvalue weighted by atomic mass is 16.5. The molecule has 3 aromatic carbocycles. The molecule has 1 atom stereocenters. The molecule has 0 aliphatic carbocycles. The molecular weight excluding hydrogens is 516 g/mol. The second-order valence-corrected chi connectivity index (χ2v) is 11.3. The summed E-state index contributed by atoms with van der Waals surface area (Å²) in [5.41, 5.74) is 2.32. The van der Waals surface area contributed by atoms with Crippen molar-refractivity contribution in [1.82, 2.24) is 0 Å². The van der Waals surface area contributed by atoms with E-state index in [4.69, 9.17) is 18.9 Å². The molecule has 6 nitrogen and oxygen atoms in total. The van der Waals surface area contributed by atoms with Crippen LogP contribution in [0.2, 0.25) is 0 Å². The van der Waals surface area contributed by atoms with E-state index in [1.54, 1.807) is 0 Å². The van der Waals surface area contributed by atoms with E-state index in [2.05, 4.69) is 39.0 Å². The number of rotatable bonds is 15. The number of carbonyl (C=O) groups is 1. The molecule has 41 heavy (non-hydrogen) atoms. The zero-order valence-electron chi connectivity index (χ0n) is 24.9. The number of benzene rings is 3. The minimum atomic E-state index is -1.15. The van der Waals surface area contributed by atoms with E-state index in [0.717, 1.165) is 54.1 Å². The first-order valence-electron chi connectivity index (χ1n) is 15.0. The van der Waals surface area contributed by atoms with Crippen LogP contribution in [0.5, 0.6) is 28.7 Å². The van der Waals surface area contributed by atoms with E-state index in [1.165, 1.54) is 5.56 Å². The quantitative estimate of drug-likeness (QED) is 0.188. The molecule has 1 aliphatic rings. The van der Waals surface area contributed by atoms with Gasteiger partial charge >= 0.3 is 5.97 Å². The van der Waals surface area contributed by atoms with Crippen LogP contribution < -0.4 is 18.9 Å². The van der Waals surface area contributed by atoms with E-state index in [0.29, 0.717) is 56.3 Å². The van der Waals surface area contributed by atoms with Crippen LogP contribution in [0.3, 0.4) is 0 Å². The van der Waals surface area contributed by atoms with Gasteiger partial charge < -0.3 is 24.1 Å². The summed E-state index contributed by atoms with van der Waals surface area (Å²) in [4.78, 5) is 12.0. The molecule has 1 unspecified atom stereocenters. The molecule has 220 valence electrons. The molecule has 1 heterocycles. The summed E-state index contributed by atoms with van der Waals surface area (Å²) in [7, 11) is 0. The third-order valence-corrected chi connectivity index (χ3v) is 7.35. The summed E-state index contributed by atoms with van der Waals surface area (Å²) in [6.07, 6.45) is 6.09. The number of aryl methyl sites for hydroxylation is 2. The fraction of sp³-hybridized carbons (Fsp3) is 0.457. The van der Waals surface area contributed by atoms with Gasteiger partial charge in [-0.2, -0.15) is 0 Å². The lowest BCUT2D eigenvalue weighted by molar-refractivity contribution is -0.157. The van der Waals surface area contributed by atoms with Crippen LogP contribution in [-0.4, -0.2) is 29.9 Å². The van der Waals surface area contributed by atoms with Crippen molar-refractivity contribution in [3.8, 4) is 28.7 Å². The van der Waals surface area contributed by atoms with Gasteiger partial charge in [-0.25, -0.2) is 4.79 Å². The average molecular weight is 561 g/mol. The van der Waals surface area contributed by atoms with Gasteiger partial charge in [-0.05, 0) is 84.7 Å². The highest BCUT2D eigenvalue weighted by molar-refractivity contribution is 5.78. The number of carboxylic acid groups (broad SMARTS) is 1. The van der Waals surface area contributed by atoms with E-state index in [-0.39, 0.29) is 0 Å². The highest BCUT2D eigenvalue weighted by Crippen LogP contribution is 2.38. The first-order valence-corrected chi connectivity index (χ1v) is 15.0. The molecular formula is C35H44O6. The van der Waals surface area contributed by atoms with Crippen LogP contribution in [0.1, 0.15) is 76.5 Å². The van der Waals surface area contributed by atoms with Gasteiger partial charge in [0.1, 0.15) is 28.7 Å². The third-order valence-electron chi connectivity index (χ3n) is 7.35. The fourth-order valence-corrected chi connectivity index (χ4v) is 5.32. The topological polar surface area (TPSA) is 74.2 Å². The molecule has 0 bridgehead atoms. The Hall–Kier alpha value is -3.67.